The molecule has 174 valence electrons. The van der Waals surface area contributed by atoms with Gasteiger partial charge in [-0.1, -0.05) is 50.2 Å². The van der Waals surface area contributed by atoms with Crippen LogP contribution in [0.2, 0.25) is 0 Å². The van der Waals surface area contributed by atoms with Gasteiger partial charge in [0, 0.05) is 5.56 Å². The lowest BCUT2D eigenvalue weighted by molar-refractivity contribution is -0.117. The van der Waals surface area contributed by atoms with Gasteiger partial charge >= 0.3 is 0 Å². The molecule has 1 unspecified atom stereocenters. The second kappa shape index (κ2) is 9.47. The highest BCUT2D eigenvalue weighted by Gasteiger charge is 2.45. The van der Waals surface area contributed by atoms with E-state index in [9.17, 15) is 14.7 Å². The number of rotatable bonds is 7. The van der Waals surface area contributed by atoms with Gasteiger partial charge < -0.3 is 9.84 Å². The molecule has 1 aromatic heterocycles. The lowest BCUT2D eigenvalue weighted by Gasteiger charge is -2.25. The average molecular weight is 458 g/mol. The minimum Gasteiger partial charge on any atom is -0.503 e. The predicted octanol–water partition coefficient (Wildman–Crippen LogP) is 5.09. The van der Waals surface area contributed by atoms with Crippen LogP contribution in [-0.2, 0) is 4.79 Å². The molecule has 1 amide bonds. The summed E-state index contributed by atoms with van der Waals surface area (Å²) in [5.74, 6) is -0.459. The highest BCUT2D eigenvalue weighted by Crippen LogP contribution is 2.41. The molecule has 1 aliphatic heterocycles. The number of ketones is 1. The summed E-state index contributed by atoms with van der Waals surface area (Å²) in [7, 11) is 0. The Bertz CT molecular complexity index is 1230. The summed E-state index contributed by atoms with van der Waals surface area (Å²) in [5.41, 5.74) is 2.83. The topological polar surface area (TPSA) is 92.6 Å². The van der Waals surface area contributed by atoms with Gasteiger partial charge in [-0.15, -0.1) is 5.10 Å². The van der Waals surface area contributed by atoms with Crippen molar-refractivity contribution in [3.8, 4) is 5.75 Å². The number of carbonyl (C=O) groups excluding carboxylic acids is 2. The van der Waals surface area contributed by atoms with Gasteiger partial charge in [0.05, 0.1) is 23.9 Å². The summed E-state index contributed by atoms with van der Waals surface area (Å²) in [6.07, 6.45) is 0. The molecule has 34 heavy (non-hydrogen) atoms. The number of anilines is 1. The zero-order chi connectivity index (χ0) is 24.4. The Morgan fingerprint density at radius 3 is 2.26 bits per heavy atom. The minimum atomic E-state index is -0.863. The minimum absolute atomic E-state index is 0.00818. The largest absolute Gasteiger partial charge is 0.503 e. The van der Waals surface area contributed by atoms with Gasteiger partial charge in [0.25, 0.3) is 5.91 Å². The third kappa shape index (κ3) is 4.29. The molecule has 0 bridgehead atoms. The van der Waals surface area contributed by atoms with Crippen LogP contribution in [0.3, 0.4) is 0 Å². The van der Waals surface area contributed by atoms with E-state index in [0.717, 1.165) is 5.56 Å². The molecule has 1 atom stereocenters. The van der Waals surface area contributed by atoms with E-state index >= 15 is 0 Å². The third-order valence-electron chi connectivity index (χ3n) is 5.83. The molecular weight excluding hydrogens is 430 g/mol. The number of carbonyl (C=O) groups is 2. The molecule has 0 aliphatic carbocycles. The highest BCUT2D eigenvalue weighted by molar-refractivity contribution is 6.20. The Labute approximate surface area is 198 Å². The number of hydrogen-bond acceptors (Lipinski definition) is 6. The van der Waals surface area contributed by atoms with E-state index in [2.05, 4.69) is 24.0 Å². The molecule has 0 saturated heterocycles. The van der Waals surface area contributed by atoms with Crippen LogP contribution in [0.4, 0.5) is 5.82 Å². The second-order valence-electron chi connectivity index (χ2n) is 8.48. The fraction of sp³-hybridized carbons (Fsp3) is 0.259. The molecule has 2 heterocycles. The molecule has 0 radical (unpaired) electrons. The fourth-order valence-corrected chi connectivity index (χ4v) is 4.00. The number of ether oxygens (including phenoxy) is 1. The van der Waals surface area contributed by atoms with Crippen LogP contribution in [0.25, 0.3) is 0 Å². The normalized spacial score (nSPS) is 15.9. The number of Topliss-reactive ketones (excluding diaryl/α,β-unsaturated/α-hetero) is 1. The SMILES string of the molecule is CCOc1ccc(C2C(C(=O)c3ccc(C(C)C)cc3)=C(O)C(=O)N2c2ccc(C)nn2)cc1. The molecule has 1 N–H and O–H groups in total. The number of aromatic nitrogens is 2. The molecule has 0 saturated carbocycles. The van der Waals surface area contributed by atoms with E-state index < -0.39 is 23.5 Å². The number of aryl methyl sites for hydroxylation is 1. The van der Waals surface area contributed by atoms with Crippen molar-refractivity contribution in [3.05, 3.63) is 94.4 Å². The van der Waals surface area contributed by atoms with Crippen LogP contribution in [0, 0.1) is 6.92 Å². The molecule has 7 nitrogen and oxygen atoms in total. The third-order valence-corrected chi connectivity index (χ3v) is 5.83. The van der Waals surface area contributed by atoms with Crippen LogP contribution in [0.15, 0.2) is 72.0 Å². The van der Waals surface area contributed by atoms with Gasteiger partial charge in [0.15, 0.2) is 17.4 Å². The molecule has 7 heteroatoms. The maximum atomic E-state index is 13.6. The van der Waals surface area contributed by atoms with Crippen molar-refractivity contribution in [3.63, 3.8) is 0 Å². The number of amides is 1. The van der Waals surface area contributed by atoms with Crippen LogP contribution < -0.4 is 9.64 Å². The van der Waals surface area contributed by atoms with Crippen molar-refractivity contribution in [1.29, 1.82) is 0 Å². The van der Waals surface area contributed by atoms with Crippen molar-refractivity contribution in [1.82, 2.24) is 10.2 Å². The van der Waals surface area contributed by atoms with Gasteiger partial charge in [-0.2, -0.15) is 5.10 Å². The zero-order valence-electron chi connectivity index (χ0n) is 19.6. The molecule has 0 fully saturated rings. The summed E-state index contributed by atoms with van der Waals surface area (Å²) in [6, 6.07) is 16.9. The van der Waals surface area contributed by atoms with Gasteiger partial charge in [-0.25, -0.2) is 0 Å². The summed E-state index contributed by atoms with van der Waals surface area (Å²) < 4.78 is 5.53. The van der Waals surface area contributed by atoms with Crippen molar-refractivity contribution < 1.29 is 19.4 Å². The molecule has 0 spiro atoms. The van der Waals surface area contributed by atoms with Crippen molar-refractivity contribution in [2.45, 2.75) is 39.7 Å². The quantitative estimate of drug-likeness (QED) is 0.497. The van der Waals surface area contributed by atoms with Crippen LogP contribution in [-0.4, -0.2) is 33.6 Å². The smallest absolute Gasteiger partial charge is 0.295 e. The second-order valence-corrected chi connectivity index (χ2v) is 8.48. The summed E-state index contributed by atoms with van der Waals surface area (Å²) in [6.45, 7) is 8.34. The summed E-state index contributed by atoms with van der Waals surface area (Å²) in [5, 5.41) is 19.1. The predicted molar refractivity (Wildman–Crippen MR) is 129 cm³/mol. The average Bonchev–Trinajstić information content (AvgIpc) is 3.10. The van der Waals surface area contributed by atoms with E-state index in [-0.39, 0.29) is 11.4 Å². The van der Waals surface area contributed by atoms with Crippen LogP contribution in [0.5, 0.6) is 5.75 Å². The maximum absolute atomic E-state index is 13.6. The Morgan fingerprint density at radius 2 is 1.71 bits per heavy atom. The first kappa shape index (κ1) is 23.2. The summed E-state index contributed by atoms with van der Waals surface area (Å²) in [4.78, 5) is 28.1. The monoisotopic (exact) mass is 457 g/mol. The van der Waals surface area contributed by atoms with Crippen molar-refractivity contribution in [2.24, 2.45) is 0 Å². The van der Waals surface area contributed by atoms with Crippen LogP contribution >= 0.6 is 0 Å². The number of aliphatic hydroxyl groups excluding tert-OH is 1. The highest BCUT2D eigenvalue weighted by atomic mass is 16.5. The maximum Gasteiger partial charge on any atom is 0.295 e. The van der Waals surface area contributed by atoms with Gasteiger partial charge in [0.1, 0.15) is 5.75 Å². The van der Waals surface area contributed by atoms with E-state index in [4.69, 9.17) is 4.74 Å². The summed E-state index contributed by atoms with van der Waals surface area (Å²) >= 11 is 0. The molecule has 3 aromatic rings. The first-order chi connectivity index (χ1) is 16.3. The van der Waals surface area contributed by atoms with Gasteiger partial charge in [-0.3, -0.25) is 14.5 Å². The van der Waals surface area contributed by atoms with E-state index in [1.165, 1.54) is 4.90 Å². The molecule has 2 aromatic carbocycles. The standard InChI is InChI=1S/C27H27N3O4/c1-5-34-21-13-11-19(12-14-21)24-23(25(31)20-9-7-18(8-10-20)16(2)3)26(32)27(33)30(24)22-15-6-17(4)28-29-22/h6-16,24,32H,5H2,1-4H3. The van der Waals surface area contributed by atoms with Gasteiger partial charge in [0.2, 0.25) is 0 Å². The first-order valence-electron chi connectivity index (χ1n) is 11.3. The Hall–Kier alpha value is -4.00. The Balaban J connectivity index is 1.81. The zero-order valence-corrected chi connectivity index (χ0v) is 19.6. The van der Waals surface area contributed by atoms with Gasteiger partial charge in [-0.05, 0) is 55.2 Å². The number of hydrogen-bond donors (Lipinski definition) is 1. The van der Waals surface area contributed by atoms with E-state index in [1.54, 1.807) is 55.5 Å². The number of benzene rings is 2. The Morgan fingerprint density at radius 1 is 1.03 bits per heavy atom. The van der Waals surface area contributed by atoms with E-state index in [0.29, 0.717) is 35.1 Å². The van der Waals surface area contributed by atoms with E-state index in [1.807, 2.05) is 19.1 Å². The lowest BCUT2D eigenvalue weighted by atomic mass is 9.91. The van der Waals surface area contributed by atoms with Crippen LogP contribution in [0.1, 0.15) is 59.9 Å². The van der Waals surface area contributed by atoms with Crippen molar-refractivity contribution in [2.75, 3.05) is 11.5 Å². The molecule has 4 rings (SSSR count). The Kier molecular flexibility index (Phi) is 6.45. The molecule has 1 aliphatic rings. The lowest BCUT2D eigenvalue weighted by Crippen LogP contribution is -2.32. The number of aliphatic hydroxyl groups is 1. The van der Waals surface area contributed by atoms with Crippen molar-refractivity contribution >= 4 is 17.5 Å². The number of nitrogens with zero attached hydrogens (tertiary/aromatic N) is 3. The first-order valence-corrected chi connectivity index (χ1v) is 11.3. The molecular formula is C27H27N3O4. The fourth-order valence-electron chi connectivity index (χ4n) is 4.00.